The number of esters is 1. The van der Waals surface area contributed by atoms with Crippen LogP contribution in [0.25, 0.3) is 0 Å². The number of ether oxygens (including phenoxy) is 1. The third-order valence-electron chi connectivity index (χ3n) is 2.51. The molecule has 0 unspecified atom stereocenters. The minimum atomic E-state index is -3.61. The molecule has 0 N–H and O–H groups in total. The number of nitrogens with zero attached hydrogens (tertiary/aromatic N) is 1. The van der Waals surface area contributed by atoms with Crippen molar-refractivity contribution in [2.45, 2.75) is 24.7 Å². The van der Waals surface area contributed by atoms with Gasteiger partial charge in [0, 0.05) is 13.6 Å². The molecule has 1 aromatic rings. The van der Waals surface area contributed by atoms with E-state index in [0.717, 1.165) is 24.2 Å². The molecule has 18 heavy (non-hydrogen) atoms. The largest absolute Gasteiger partial charge is 0.465 e. The summed E-state index contributed by atoms with van der Waals surface area (Å²) in [6.07, 6.45) is 1.70. The Balaban J connectivity index is 3.05. The van der Waals surface area contributed by atoms with Crippen LogP contribution >= 0.6 is 11.3 Å². The van der Waals surface area contributed by atoms with Crippen molar-refractivity contribution in [1.82, 2.24) is 4.31 Å². The Labute approximate surface area is 111 Å². The number of sulfonamides is 1. The van der Waals surface area contributed by atoms with Crippen LogP contribution in [-0.4, -0.2) is 39.4 Å². The van der Waals surface area contributed by atoms with Gasteiger partial charge in [0.15, 0.2) is 0 Å². The fourth-order valence-electron chi connectivity index (χ4n) is 1.41. The summed E-state index contributed by atoms with van der Waals surface area (Å²) in [5.41, 5.74) is 0. The zero-order valence-corrected chi connectivity index (χ0v) is 12.3. The molecule has 0 fully saturated rings. The molecule has 102 valence electrons. The number of methoxy groups -OCH3 is 1. The summed E-state index contributed by atoms with van der Waals surface area (Å²) in [5.74, 6) is -0.618. The van der Waals surface area contributed by atoms with E-state index >= 15 is 0 Å². The third kappa shape index (κ3) is 3.09. The first-order valence-electron chi connectivity index (χ1n) is 5.57. The van der Waals surface area contributed by atoms with Crippen LogP contribution in [0.1, 0.15) is 29.4 Å². The van der Waals surface area contributed by atoms with E-state index in [9.17, 15) is 13.2 Å². The van der Waals surface area contributed by atoms with Gasteiger partial charge in [0.1, 0.15) is 9.77 Å². The van der Waals surface area contributed by atoms with Gasteiger partial charge < -0.3 is 4.74 Å². The molecule has 0 atom stereocenters. The van der Waals surface area contributed by atoms with Crippen molar-refractivity contribution in [2.24, 2.45) is 0 Å². The van der Waals surface area contributed by atoms with E-state index in [4.69, 9.17) is 0 Å². The SMILES string of the molecule is CCCCN(C)S(=O)(=O)c1ccsc1C(=O)OC. The summed E-state index contributed by atoms with van der Waals surface area (Å²) in [5, 5.41) is 1.58. The topological polar surface area (TPSA) is 63.7 Å². The predicted octanol–water partition coefficient (Wildman–Crippen LogP) is 1.96. The van der Waals surface area contributed by atoms with Gasteiger partial charge in [-0.25, -0.2) is 17.5 Å². The lowest BCUT2D eigenvalue weighted by Gasteiger charge is -2.16. The summed E-state index contributed by atoms with van der Waals surface area (Å²) in [4.78, 5) is 11.6. The van der Waals surface area contributed by atoms with Gasteiger partial charge in [-0.1, -0.05) is 13.3 Å². The first-order chi connectivity index (χ1) is 8.45. The Morgan fingerprint density at radius 2 is 2.17 bits per heavy atom. The number of carbonyl (C=O) groups excluding carboxylic acids is 1. The number of thiophene rings is 1. The molecule has 0 saturated heterocycles. The smallest absolute Gasteiger partial charge is 0.349 e. The van der Waals surface area contributed by atoms with Crippen LogP contribution in [0.4, 0.5) is 0 Å². The molecular weight excluding hydrogens is 274 g/mol. The average Bonchev–Trinajstić information content (AvgIpc) is 2.84. The van der Waals surface area contributed by atoms with Crippen molar-refractivity contribution in [3.63, 3.8) is 0 Å². The third-order valence-corrected chi connectivity index (χ3v) is 5.44. The van der Waals surface area contributed by atoms with Gasteiger partial charge >= 0.3 is 5.97 Å². The zero-order valence-electron chi connectivity index (χ0n) is 10.7. The monoisotopic (exact) mass is 291 g/mol. The Morgan fingerprint density at radius 1 is 1.50 bits per heavy atom. The Hall–Kier alpha value is -0.920. The van der Waals surface area contributed by atoms with Crippen LogP contribution < -0.4 is 0 Å². The maximum absolute atomic E-state index is 12.3. The van der Waals surface area contributed by atoms with Crippen molar-refractivity contribution in [2.75, 3.05) is 20.7 Å². The molecule has 0 aliphatic carbocycles. The standard InChI is InChI=1S/C11H17NO4S2/c1-4-5-7-12(2)18(14,15)9-6-8-17-10(9)11(13)16-3/h6,8H,4-5,7H2,1-3H3. The highest BCUT2D eigenvalue weighted by Gasteiger charge is 2.27. The van der Waals surface area contributed by atoms with E-state index in [2.05, 4.69) is 4.74 Å². The van der Waals surface area contributed by atoms with E-state index < -0.39 is 16.0 Å². The average molecular weight is 291 g/mol. The summed E-state index contributed by atoms with van der Waals surface area (Å²) in [6.45, 7) is 2.43. The van der Waals surface area contributed by atoms with E-state index in [-0.39, 0.29) is 9.77 Å². The molecule has 1 rings (SSSR count). The molecule has 0 saturated carbocycles. The highest BCUT2D eigenvalue weighted by atomic mass is 32.2. The van der Waals surface area contributed by atoms with E-state index in [1.807, 2.05) is 6.92 Å². The Morgan fingerprint density at radius 3 is 2.72 bits per heavy atom. The van der Waals surface area contributed by atoms with Gasteiger partial charge in [0.2, 0.25) is 10.0 Å². The van der Waals surface area contributed by atoms with E-state index in [1.165, 1.54) is 24.5 Å². The summed E-state index contributed by atoms with van der Waals surface area (Å²) in [6, 6.07) is 1.44. The highest BCUT2D eigenvalue weighted by Crippen LogP contribution is 2.25. The van der Waals surface area contributed by atoms with E-state index in [1.54, 1.807) is 5.38 Å². The Bertz CT molecular complexity index is 507. The quantitative estimate of drug-likeness (QED) is 0.752. The molecule has 1 aromatic heterocycles. The van der Waals surface area contributed by atoms with Crippen LogP contribution in [0, 0.1) is 0 Å². The van der Waals surface area contributed by atoms with Gasteiger partial charge in [0.25, 0.3) is 0 Å². The fraction of sp³-hybridized carbons (Fsp3) is 0.545. The molecular formula is C11H17NO4S2. The normalized spacial score (nSPS) is 11.8. The van der Waals surface area contributed by atoms with Crippen LogP contribution in [0.3, 0.4) is 0 Å². The van der Waals surface area contributed by atoms with Gasteiger partial charge in [-0.15, -0.1) is 11.3 Å². The van der Waals surface area contributed by atoms with Crippen LogP contribution in [0.5, 0.6) is 0 Å². The van der Waals surface area contributed by atoms with Crippen LogP contribution in [0.15, 0.2) is 16.3 Å². The molecule has 1 heterocycles. The van der Waals surface area contributed by atoms with Crippen LogP contribution in [0.2, 0.25) is 0 Å². The lowest BCUT2D eigenvalue weighted by Crippen LogP contribution is -2.28. The molecule has 0 aliphatic rings. The molecule has 0 aromatic carbocycles. The molecule has 7 heteroatoms. The second-order valence-corrected chi connectivity index (χ2v) is 6.72. The maximum atomic E-state index is 12.3. The minimum absolute atomic E-state index is 0.0259. The van der Waals surface area contributed by atoms with Crippen molar-refractivity contribution >= 4 is 27.3 Å². The molecule has 0 aliphatic heterocycles. The lowest BCUT2D eigenvalue weighted by atomic mass is 10.3. The van der Waals surface area contributed by atoms with Gasteiger partial charge in [-0.2, -0.15) is 0 Å². The maximum Gasteiger partial charge on any atom is 0.349 e. The summed E-state index contributed by atoms with van der Waals surface area (Å²) < 4.78 is 30.4. The number of rotatable bonds is 6. The first kappa shape index (κ1) is 15.1. The second-order valence-electron chi connectivity index (χ2n) is 3.79. The minimum Gasteiger partial charge on any atom is -0.465 e. The predicted molar refractivity (Wildman–Crippen MR) is 70.4 cm³/mol. The van der Waals surface area contributed by atoms with E-state index in [0.29, 0.717) is 6.54 Å². The molecule has 5 nitrogen and oxygen atoms in total. The number of unbranched alkanes of at least 4 members (excludes halogenated alkanes) is 1. The number of hydrogen-bond donors (Lipinski definition) is 0. The number of hydrogen-bond acceptors (Lipinski definition) is 5. The molecule has 0 bridgehead atoms. The van der Waals surface area contributed by atoms with Crippen molar-refractivity contribution in [1.29, 1.82) is 0 Å². The first-order valence-corrected chi connectivity index (χ1v) is 7.89. The number of carbonyl (C=O) groups is 1. The molecule has 0 amide bonds. The Kier molecular flexibility index (Phi) is 5.30. The highest BCUT2D eigenvalue weighted by molar-refractivity contribution is 7.89. The fourth-order valence-corrected chi connectivity index (χ4v) is 3.92. The van der Waals surface area contributed by atoms with Crippen molar-refractivity contribution in [3.05, 3.63) is 16.3 Å². The van der Waals surface area contributed by atoms with Gasteiger partial charge in [-0.3, -0.25) is 0 Å². The molecule has 0 spiro atoms. The van der Waals surface area contributed by atoms with Crippen LogP contribution in [-0.2, 0) is 14.8 Å². The van der Waals surface area contributed by atoms with Crippen molar-refractivity contribution in [3.8, 4) is 0 Å². The summed E-state index contributed by atoms with van der Waals surface area (Å²) in [7, 11) is -0.858. The zero-order chi connectivity index (χ0) is 13.8. The van der Waals surface area contributed by atoms with Gasteiger partial charge in [0.05, 0.1) is 7.11 Å². The summed E-state index contributed by atoms with van der Waals surface area (Å²) >= 11 is 1.07. The van der Waals surface area contributed by atoms with Crippen molar-refractivity contribution < 1.29 is 17.9 Å². The second kappa shape index (κ2) is 6.31. The van der Waals surface area contributed by atoms with Gasteiger partial charge in [-0.05, 0) is 17.9 Å². The lowest BCUT2D eigenvalue weighted by molar-refractivity contribution is 0.0602. The molecule has 0 radical (unpaired) electrons.